The highest BCUT2D eigenvalue weighted by Gasteiger charge is 2.06. The second kappa shape index (κ2) is 4.24. The lowest BCUT2D eigenvalue weighted by Gasteiger charge is -2.14. The van der Waals surface area contributed by atoms with Crippen molar-refractivity contribution >= 4 is 0 Å². The van der Waals surface area contributed by atoms with Crippen molar-refractivity contribution in [2.24, 2.45) is 11.8 Å². The third kappa shape index (κ3) is 2.65. The van der Waals surface area contributed by atoms with Crippen molar-refractivity contribution in [1.82, 2.24) is 4.98 Å². The summed E-state index contributed by atoms with van der Waals surface area (Å²) in [5.41, 5.74) is 1.39. The zero-order chi connectivity index (χ0) is 8.97. The summed E-state index contributed by atoms with van der Waals surface area (Å²) >= 11 is 0. The number of rotatable bonds is 3. The molecule has 1 nitrogen and oxygen atoms in total. The average molecular weight is 163 g/mol. The maximum absolute atomic E-state index is 4.00. The predicted molar refractivity (Wildman–Crippen MR) is 51.9 cm³/mol. The molecule has 0 amide bonds. The van der Waals surface area contributed by atoms with Crippen LogP contribution in [0, 0.1) is 11.8 Å². The van der Waals surface area contributed by atoms with Crippen molar-refractivity contribution in [3.05, 3.63) is 30.1 Å². The Morgan fingerprint density at radius 1 is 1.17 bits per heavy atom. The molecule has 1 heterocycles. The van der Waals surface area contributed by atoms with E-state index in [9.17, 15) is 0 Å². The van der Waals surface area contributed by atoms with Crippen LogP contribution in [0.25, 0.3) is 0 Å². The van der Waals surface area contributed by atoms with E-state index in [-0.39, 0.29) is 0 Å². The quantitative estimate of drug-likeness (QED) is 0.667. The normalized spacial score (nSPS) is 13.3. The van der Waals surface area contributed by atoms with Gasteiger partial charge in [-0.3, -0.25) is 4.98 Å². The van der Waals surface area contributed by atoms with Gasteiger partial charge in [-0.25, -0.2) is 0 Å². The minimum Gasteiger partial charge on any atom is -0.265 e. The van der Waals surface area contributed by atoms with Crippen molar-refractivity contribution in [3.8, 4) is 0 Å². The molecule has 0 saturated heterocycles. The third-order valence-corrected chi connectivity index (χ3v) is 2.45. The smallest absolute Gasteiger partial charge is 0.0270 e. The molecule has 1 rings (SSSR count). The molecule has 0 fully saturated rings. The van der Waals surface area contributed by atoms with E-state index in [0.717, 1.165) is 11.8 Å². The van der Waals surface area contributed by atoms with E-state index < -0.39 is 0 Å². The molecule has 0 radical (unpaired) electrons. The molecule has 0 spiro atoms. The first-order chi connectivity index (χ1) is 5.70. The van der Waals surface area contributed by atoms with Gasteiger partial charge < -0.3 is 0 Å². The summed E-state index contributed by atoms with van der Waals surface area (Å²) in [4.78, 5) is 4.00. The van der Waals surface area contributed by atoms with E-state index in [1.165, 1.54) is 12.0 Å². The van der Waals surface area contributed by atoms with Gasteiger partial charge in [0.25, 0.3) is 0 Å². The number of nitrogens with zero attached hydrogens (tertiary/aromatic N) is 1. The number of hydrogen-bond acceptors (Lipinski definition) is 1. The van der Waals surface area contributed by atoms with Crippen molar-refractivity contribution in [2.45, 2.75) is 27.2 Å². The zero-order valence-corrected chi connectivity index (χ0v) is 8.12. The van der Waals surface area contributed by atoms with Crippen LogP contribution in [-0.4, -0.2) is 4.98 Å². The van der Waals surface area contributed by atoms with Crippen LogP contribution in [-0.2, 0) is 6.42 Å². The lowest BCUT2D eigenvalue weighted by molar-refractivity contribution is 0.417. The lowest BCUT2D eigenvalue weighted by atomic mass is 9.91. The molecule has 1 unspecified atom stereocenters. The molecule has 0 N–H and O–H groups in total. The molecule has 66 valence electrons. The predicted octanol–water partition coefficient (Wildman–Crippen LogP) is 2.92. The van der Waals surface area contributed by atoms with Gasteiger partial charge in [0.15, 0.2) is 0 Å². The Labute approximate surface area is 74.8 Å². The molecular weight excluding hydrogens is 146 g/mol. The minimum atomic E-state index is 0.757. The highest BCUT2D eigenvalue weighted by Crippen LogP contribution is 2.15. The van der Waals surface area contributed by atoms with Gasteiger partial charge in [0.1, 0.15) is 0 Å². The minimum absolute atomic E-state index is 0.757. The van der Waals surface area contributed by atoms with Crippen LogP contribution in [0.1, 0.15) is 26.3 Å². The second-order valence-corrected chi connectivity index (χ2v) is 3.78. The Bertz CT molecular complexity index is 216. The molecule has 12 heavy (non-hydrogen) atoms. The lowest BCUT2D eigenvalue weighted by Crippen LogP contribution is -2.07. The highest BCUT2D eigenvalue weighted by atomic mass is 14.6. The molecule has 0 saturated carbocycles. The largest absolute Gasteiger partial charge is 0.265 e. The first-order valence-corrected chi connectivity index (χ1v) is 4.59. The Morgan fingerprint density at radius 2 is 1.75 bits per heavy atom. The number of hydrogen-bond donors (Lipinski definition) is 0. The van der Waals surface area contributed by atoms with E-state index in [2.05, 4.69) is 37.9 Å². The van der Waals surface area contributed by atoms with E-state index in [1.807, 2.05) is 12.4 Å². The maximum Gasteiger partial charge on any atom is 0.0270 e. The molecule has 0 aromatic carbocycles. The average Bonchev–Trinajstić information content (AvgIpc) is 2.06. The van der Waals surface area contributed by atoms with E-state index in [4.69, 9.17) is 0 Å². The van der Waals surface area contributed by atoms with Gasteiger partial charge in [-0.2, -0.15) is 0 Å². The topological polar surface area (TPSA) is 12.9 Å². The summed E-state index contributed by atoms with van der Waals surface area (Å²) in [7, 11) is 0. The van der Waals surface area contributed by atoms with Crippen molar-refractivity contribution in [1.29, 1.82) is 0 Å². The van der Waals surface area contributed by atoms with E-state index in [0.29, 0.717) is 0 Å². The number of pyridine rings is 1. The Hall–Kier alpha value is -0.850. The maximum atomic E-state index is 4.00. The van der Waals surface area contributed by atoms with E-state index >= 15 is 0 Å². The van der Waals surface area contributed by atoms with Gasteiger partial charge in [0, 0.05) is 12.4 Å². The Kier molecular flexibility index (Phi) is 3.27. The van der Waals surface area contributed by atoms with Gasteiger partial charge in [-0.1, -0.05) is 20.8 Å². The summed E-state index contributed by atoms with van der Waals surface area (Å²) in [5.74, 6) is 1.52. The number of aromatic nitrogens is 1. The Balaban J connectivity index is 2.53. The fourth-order valence-electron chi connectivity index (χ4n) is 1.13. The van der Waals surface area contributed by atoms with Gasteiger partial charge in [0.05, 0.1) is 0 Å². The van der Waals surface area contributed by atoms with Gasteiger partial charge >= 0.3 is 0 Å². The molecule has 0 aliphatic heterocycles. The summed E-state index contributed by atoms with van der Waals surface area (Å²) in [6.07, 6.45) is 4.89. The van der Waals surface area contributed by atoms with E-state index in [1.54, 1.807) is 0 Å². The molecule has 1 aromatic rings. The van der Waals surface area contributed by atoms with Crippen molar-refractivity contribution in [2.75, 3.05) is 0 Å². The van der Waals surface area contributed by atoms with Gasteiger partial charge in [-0.05, 0) is 36.0 Å². The van der Waals surface area contributed by atoms with Crippen LogP contribution in [0.2, 0.25) is 0 Å². The van der Waals surface area contributed by atoms with Crippen LogP contribution >= 0.6 is 0 Å². The van der Waals surface area contributed by atoms with Crippen LogP contribution < -0.4 is 0 Å². The molecule has 1 heteroatoms. The van der Waals surface area contributed by atoms with Crippen molar-refractivity contribution in [3.63, 3.8) is 0 Å². The first kappa shape index (κ1) is 9.24. The fraction of sp³-hybridized carbons (Fsp3) is 0.545. The second-order valence-electron chi connectivity index (χ2n) is 3.78. The fourth-order valence-corrected chi connectivity index (χ4v) is 1.13. The SMILES string of the molecule is CC(C)C(C)Cc1ccncc1. The van der Waals surface area contributed by atoms with Crippen molar-refractivity contribution < 1.29 is 0 Å². The van der Waals surface area contributed by atoms with Crippen LogP contribution in [0.4, 0.5) is 0 Å². The summed E-state index contributed by atoms with van der Waals surface area (Å²) < 4.78 is 0. The van der Waals surface area contributed by atoms with Gasteiger partial charge in [-0.15, -0.1) is 0 Å². The highest BCUT2D eigenvalue weighted by molar-refractivity contribution is 5.10. The Morgan fingerprint density at radius 3 is 2.25 bits per heavy atom. The standard InChI is InChI=1S/C11H17N/c1-9(2)10(3)8-11-4-6-12-7-5-11/h4-7,9-10H,8H2,1-3H3. The van der Waals surface area contributed by atoms with Crippen LogP contribution in [0.5, 0.6) is 0 Å². The van der Waals surface area contributed by atoms with Crippen LogP contribution in [0.3, 0.4) is 0 Å². The summed E-state index contributed by atoms with van der Waals surface area (Å²) in [6.45, 7) is 6.84. The third-order valence-electron chi connectivity index (χ3n) is 2.45. The molecule has 1 atom stereocenters. The zero-order valence-electron chi connectivity index (χ0n) is 8.12. The van der Waals surface area contributed by atoms with Crippen LogP contribution in [0.15, 0.2) is 24.5 Å². The monoisotopic (exact) mass is 163 g/mol. The summed E-state index contributed by atoms with van der Waals surface area (Å²) in [6, 6.07) is 4.19. The molecule has 0 aliphatic carbocycles. The molecule has 0 bridgehead atoms. The molecule has 0 aliphatic rings. The summed E-state index contributed by atoms with van der Waals surface area (Å²) in [5, 5.41) is 0. The van der Waals surface area contributed by atoms with Gasteiger partial charge in [0.2, 0.25) is 0 Å². The molecular formula is C11H17N. The first-order valence-electron chi connectivity index (χ1n) is 4.59. The molecule has 1 aromatic heterocycles.